The van der Waals surface area contributed by atoms with E-state index in [0.29, 0.717) is 0 Å². The van der Waals surface area contributed by atoms with Crippen LogP contribution in [0.2, 0.25) is 0 Å². The van der Waals surface area contributed by atoms with Crippen LogP contribution in [0, 0.1) is 0 Å². The van der Waals surface area contributed by atoms with Gasteiger partial charge in [0.1, 0.15) is 6.34 Å². The molecule has 0 saturated heterocycles. The van der Waals surface area contributed by atoms with E-state index in [1.54, 1.807) is 0 Å². The number of benzene rings is 3. The van der Waals surface area contributed by atoms with Crippen molar-refractivity contribution in [1.82, 2.24) is 0 Å². The highest BCUT2D eigenvalue weighted by Gasteiger charge is 2.27. The Morgan fingerprint density at radius 3 is 2.41 bits per heavy atom. The van der Waals surface area contributed by atoms with Crippen LogP contribution >= 0.6 is 12.6 Å². The summed E-state index contributed by atoms with van der Waals surface area (Å²) in [7, 11) is 0. The van der Waals surface area contributed by atoms with Gasteiger partial charge in [0.2, 0.25) is 0 Å². The summed E-state index contributed by atoms with van der Waals surface area (Å²) in [5, 5.41) is 6.54. The summed E-state index contributed by atoms with van der Waals surface area (Å²) >= 11 is 4.62. The number of aliphatic imine (C=N–C) groups is 1. The second-order valence-corrected chi connectivity index (χ2v) is 5.60. The van der Waals surface area contributed by atoms with Crippen molar-refractivity contribution in [3.05, 3.63) is 72.8 Å². The molecule has 1 unspecified atom stereocenters. The first kappa shape index (κ1) is 13.2. The quantitative estimate of drug-likeness (QED) is 0.711. The monoisotopic (exact) mass is 305 g/mol. The topological polar surface area (TPSA) is 18.8 Å². The zero-order valence-electron chi connectivity index (χ0n) is 11.9. The first-order valence-corrected chi connectivity index (χ1v) is 7.69. The molecule has 0 radical (unpaired) electrons. The molecule has 0 amide bonds. The fraction of sp³-hybridized carbons (Fsp3) is 0.0556. The van der Waals surface area contributed by atoms with E-state index < -0.39 is 0 Å². The van der Waals surface area contributed by atoms with E-state index in [4.69, 9.17) is 0 Å². The third-order valence-corrected chi connectivity index (χ3v) is 4.15. The van der Waals surface area contributed by atoms with Crippen molar-refractivity contribution in [3.63, 3.8) is 0 Å². The number of anilines is 2. The Morgan fingerprint density at radius 1 is 0.818 bits per heavy atom. The Kier molecular flexibility index (Phi) is 3.24. The summed E-state index contributed by atoms with van der Waals surface area (Å²) in [4.78, 5) is 4.45. The van der Waals surface area contributed by atoms with Crippen LogP contribution in [-0.4, -0.2) is 11.8 Å². The third-order valence-electron chi connectivity index (χ3n) is 3.79. The fourth-order valence-corrected chi connectivity index (χ4v) is 3.07. The number of rotatable bonds is 2. The fourth-order valence-electron chi connectivity index (χ4n) is 2.77. The molecule has 0 bridgehead atoms. The number of hydrogen-bond acceptors (Lipinski definition) is 4. The van der Waals surface area contributed by atoms with Gasteiger partial charge in [-0.15, -0.1) is 12.6 Å². The van der Waals surface area contributed by atoms with Crippen molar-refractivity contribution in [2.24, 2.45) is 4.99 Å². The molecule has 0 fully saturated rings. The van der Waals surface area contributed by atoms with Crippen molar-refractivity contribution in [1.29, 1.82) is 0 Å². The molecular formula is C18H15N3S. The van der Waals surface area contributed by atoms with Crippen LogP contribution < -0.4 is 10.0 Å². The van der Waals surface area contributed by atoms with E-state index in [1.807, 2.05) is 29.5 Å². The second-order valence-electron chi connectivity index (χ2n) is 5.13. The molecule has 1 heterocycles. The van der Waals surface area contributed by atoms with Crippen LogP contribution in [0.3, 0.4) is 0 Å². The number of hydrazine groups is 1. The highest BCUT2D eigenvalue weighted by atomic mass is 32.1. The number of nitrogens with zero attached hydrogens (tertiary/aromatic N) is 3. The number of para-hydroxylation sites is 1. The maximum Gasteiger partial charge on any atom is 0.186 e. The normalized spacial score (nSPS) is 17.4. The zero-order valence-corrected chi connectivity index (χ0v) is 12.8. The Morgan fingerprint density at radius 2 is 1.55 bits per heavy atom. The molecule has 0 aromatic heterocycles. The minimum Gasteiger partial charge on any atom is -0.245 e. The molecule has 3 aromatic carbocycles. The minimum atomic E-state index is -0.231. The lowest BCUT2D eigenvalue weighted by Crippen LogP contribution is -2.40. The molecule has 3 nitrogen and oxygen atoms in total. The first-order valence-electron chi connectivity index (χ1n) is 7.17. The molecule has 4 rings (SSSR count). The number of hydrogen-bond donors (Lipinski definition) is 1. The average Bonchev–Trinajstić information content (AvgIpc) is 2.96. The predicted octanol–water partition coefficient (Wildman–Crippen LogP) is 4.32. The number of thiol groups is 1. The van der Waals surface area contributed by atoms with Gasteiger partial charge >= 0.3 is 0 Å². The van der Waals surface area contributed by atoms with Crippen molar-refractivity contribution in [2.75, 3.05) is 10.0 Å². The summed E-state index contributed by atoms with van der Waals surface area (Å²) in [6.45, 7) is 0. The van der Waals surface area contributed by atoms with Crippen molar-refractivity contribution in [3.8, 4) is 0 Å². The van der Waals surface area contributed by atoms with Gasteiger partial charge in [-0.25, -0.2) is 15.0 Å². The van der Waals surface area contributed by atoms with Gasteiger partial charge in [-0.05, 0) is 23.6 Å². The Balaban J connectivity index is 1.85. The molecule has 0 N–H and O–H groups in total. The highest BCUT2D eigenvalue weighted by molar-refractivity contribution is 7.81. The van der Waals surface area contributed by atoms with Crippen LogP contribution in [0.1, 0.15) is 0 Å². The lowest BCUT2D eigenvalue weighted by Gasteiger charge is -2.32. The van der Waals surface area contributed by atoms with Gasteiger partial charge in [-0.2, -0.15) is 0 Å². The van der Waals surface area contributed by atoms with E-state index in [0.717, 1.165) is 11.4 Å². The van der Waals surface area contributed by atoms with Gasteiger partial charge in [0, 0.05) is 5.39 Å². The van der Waals surface area contributed by atoms with Gasteiger partial charge in [0.15, 0.2) is 5.50 Å². The summed E-state index contributed by atoms with van der Waals surface area (Å²) in [6, 6.07) is 24.9. The number of fused-ring (bicyclic) bond motifs is 1. The Labute approximate surface area is 134 Å². The highest BCUT2D eigenvalue weighted by Crippen LogP contribution is 2.34. The van der Waals surface area contributed by atoms with Gasteiger partial charge in [-0.1, -0.05) is 54.6 Å². The summed E-state index contributed by atoms with van der Waals surface area (Å²) in [6.07, 6.45) is 1.83. The Bertz CT molecular complexity index is 827. The van der Waals surface area contributed by atoms with Gasteiger partial charge in [-0.3, -0.25) is 0 Å². The maximum atomic E-state index is 4.62. The molecule has 108 valence electrons. The lowest BCUT2D eigenvalue weighted by molar-refractivity contribution is 0.865. The molecule has 0 saturated carbocycles. The largest absolute Gasteiger partial charge is 0.245 e. The second kappa shape index (κ2) is 5.39. The SMILES string of the molecule is SC1N=CN(c2ccccc2)N1c1cccc2ccccc12. The van der Waals surface area contributed by atoms with Gasteiger partial charge in [0.25, 0.3) is 0 Å². The summed E-state index contributed by atoms with van der Waals surface area (Å²) < 4.78 is 0. The van der Waals surface area contributed by atoms with Crippen LogP contribution in [0.15, 0.2) is 77.8 Å². The van der Waals surface area contributed by atoms with Crippen molar-refractivity contribution in [2.45, 2.75) is 5.50 Å². The molecule has 0 aliphatic carbocycles. The van der Waals surface area contributed by atoms with Crippen LogP contribution in [0.4, 0.5) is 11.4 Å². The molecule has 3 aromatic rings. The summed E-state index contributed by atoms with van der Waals surface area (Å²) in [5.41, 5.74) is 1.93. The molecule has 0 spiro atoms. The predicted molar refractivity (Wildman–Crippen MR) is 96.6 cm³/mol. The van der Waals surface area contributed by atoms with E-state index in [-0.39, 0.29) is 5.50 Å². The van der Waals surface area contributed by atoms with Crippen LogP contribution in [0.25, 0.3) is 10.8 Å². The first-order chi connectivity index (χ1) is 10.8. The van der Waals surface area contributed by atoms with Gasteiger partial charge in [0.05, 0.1) is 11.4 Å². The van der Waals surface area contributed by atoms with Crippen LogP contribution in [-0.2, 0) is 0 Å². The minimum absolute atomic E-state index is 0.231. The Hall–Kier alpha value is -2.46. The van der Waals surface area contributed by atoms with Crippen LogP contribution in [0.5, 0.6) is 0 Å². The molecular weight excluding hydrogens is 290 g/mol. The summed E-state index contributed by atoms with van der Waals surface area (Å²) in [5.74, 6) is 0. The molecule has 1 aliphatic rings. The maximum absolute atomic E-state index is 4.62. The molecule has 1 aliphatic heterocycles. The molecule has 1 atom stereocenters. The van der Waals surface area contributed by atoms with E-state index in [9.17, 15) is 0 Å². The van der Waals surface area contributed by atoms with Crippen molar-refractivity contribution >= 4 is 41.1 Å². The van der Waals surface area contributed by atoms with E-state index >= 15 is 0 Å². The van der Waals surface area contributed by atoms with Gasteiger partial charge < -0.3 is 0 Å². The van der Waals surface area contributed by atoms with E-state index in [1.165, 1.54) is 10.8 Å². The average molecular weight is 305 g/mol. The molecule has 4 heteroatoms. The standard InChI is InChI=1S/C18H15N3S/c22-18-19-13-20(15-9-2-1-3-10-15)21(18)17-12-6-8-14-7-4-5-11-16(14)17/h1-13,18,22H. The molecule has 22 heavy (non-hydrogen) atoms. The lowest BCUT2D eigenvalue weighted by atomic mass is 10.1. The smallest absolute Gasteiger partial charge is 0.186 e. The zero-order chi connectivity index (χ0) is 14.9. The van der Waals surface area contributed by atoms with E-state index in [2.05, 4.69) is 77.2 Å². The van der Waals surface area contributed by atoms with Crippen molar-refractivity contribution < 1.29 is 0 Å². The third kappa shape index (κ3) is 2.12.